The molecule has 5 nitrogen and oxygen atoms in total. The topological polar surface area (TPSA) is 66.8 Å². The summed E-state index contributed by atoms with van der Waals surface area (Å²) in [5, 5.41) is 8.93. The molecule has 108 valence electrons. The van der Waals surface area contributed by atoms with Gasteiger partial charge >= 0.3 is 5.97 Å². The molecular formula is C15H19NO4. The molecule has 1 aromatic carbocycles. The molecule has 1 amide bonds. The molecule has 1 aliphatic rings. The molecule has 1 unspecified atom stereocenters. The number of carboxylic acids is 1. The molecule has 1 aromatic rings. The second-order valence-corrected chi connectivity index (χ2v) is 4.88. The summed E-state index contributed by atoms with van der Waals surface area (Å²) in [5.74, 6) is -0.674. The summed E-state index contributed by atoms with van der Waals surface area (Å²) in [6, 6.07) is 7.46. The molecule has 1 heterocycles. The number of carbonyl (C=O) groups excluding carboxylic acids is 1. The maximum Gasteiger partial charge on any atom is 0.323 e. The number of nitrogens with zero attached hydrogens (tertiary/aromatic N) is 1. The molecule has 0 spiro atoms. The van der Waals surface area contributed by atoms with Gasteiger partial charge in [-0.15, -0.1) is 0 Å². The molecule has 1 N–H and O–H groups in total. The highest BCUT2D eigenvalue weighted by Crippen LogP contribution is 2.34. The molecule has 20 heavy (non-hydrogen) atoms. The Morgan fingerprint density at radius 2 is 2.15 bits per heavy atom. The largest absolute Gasteiger partial charge is 0.493 e. The number of para-hydroxylation sites is 1. The lowest BCUT2D eigenvalue weighted by atomic mass is 9.91. The number of carboxylic acid groups (broad SMARTS) is 1. The Bertz CT molecular complexity index is 500. The number of hydrogen-bond donors (Lipinski definition) is 1. The molecule has 0 fully saturated rings. The Labute approximate surface area is 118 Å². The Morgan fingerprint density at radius 1 is 1.40 bits per heavy atom. The van der Waals surface area contributed by atoms with Crippen molar-refractivity contribution in [1.29, 1.82) is 0 Å². The van der Waals surface area contributed by atoms with Gasteiger partial charge in [0.2, 0.25) is 5.91 Å². The third-order valence-corrected chi connectivity index (χ3v) is 3.39. The van der Waals surface area contributed by atoms with Crippen LogP contribution in [0.1, 0.15) is 31.2 Å². The van der Waals surface area contributed by atoms with Crippen molar-refractivity contribution >= 4 is 11.9 Å². The minimum absolute atomic E-state index is 0.120. The van der Waals surface area contributed by atoms with Crippen LogP contribution in [-0.4, -0.2) is 41.6 Å². The smallest absolute Gasteiger partial charge is 0.323 e. The molecule has 0 saturated carbocycles. The first kappa shape index (κ1) is 14.4. The monoisotopic (exact) mass is 277 g/mol. The van der Waals surface area contributed by atoms with Gasteiger partial charge in [0.25, 0.3) is 0 Å². The van der Waals surface area contributed by atoms with Crippen molar-refractivity contribution in [2.45, 2.75) is 25.7 Å². The average molecular weight is 277 g/mol. The minimum atomic E-state index is -0.979. The summed E-state index contributed by atoms with van der Waals surface area (Å²) in [6.07, 6.45) is 1.33. The fourth-order valence-corrected chi connectivity index (χ4v) is 2.52. The van der Waals surface area contributed by atoms with Crippen LogP contribution in [0.5, 0.6) is 5.75 Å². The summed E-state index contributed by atoms with van der Waals surface area (Å²) < 4.78 is 5.54. The van der Waals surface area contributed by atoms with Gasteiger partial charge in [-0.3, -0.25) is 9.59 Å². The number of aliphatic carboxylic acids is 1. The van der Waals surface area contributed by atoms with Crippen LogP contribution < -0.4 is 4.74 Å². The van der Waals surface area contributed by atoms with Gasteiger partial charge in [0, 0.05) is 12.1 Å². The van der Waals surface area contributed by atoms with Gasteiger partial charge in [-0.2, -0.15) is 0 Å². The van der Waals surface area contributed by atoms with E-state index in [1.807, 2.05) is 31.2 Å². The van der Waals surface area contributed by atoms with Gasteiger partial charge in [-0.25, -0.2) is 0 Å². The van der Waals surface area contributed by atoms with E-state index in [0.29, 0.717) is 19.6 Å². The molecule has 0 saturated heterocycles. The molecular weight excluding hydrogens is 258 g/mol. The van der Waals surface area contributed by atoms with Crippen LogP contribution in [0.15, 0.2) is 24.3 Å². The third kappa shape index (κ3) is 3.10. The van der Waals surface area contributed by atoms with Gasteiger partial charge in [0.15, 0.2) is 0 Å². The summed E-state index contributed by atoms with van der Waals surface area (Å²) in [6.45, 7) is 2.64. The Balaban J connectivity index is 2.21. The Hall–Kier alpha value is -2.04. The van der Waals surface area contributed by atoms with Crippen molar-refractivity contribution in [3.63, 3.8) is 0 Å². The number of fused-ring (bicyclic) bond motifs is 1. The number of carbonyl (C=O) groups is 2. The average Bonchev–Trinajstić information content (AvgIpc) is 2.45. The molecule has 1 atom stereocenters. The number of rotatable bonds is 5. The van der Waals surface area contributed by atoms with E-state index in [2.05, 4.69) is 0 Å². The summed E-state index contributed by atoms with van der Waals surface area (Å²) in [5.41, 5.74) is 0.857. The predicted molar refractivity (Wildman–Crippen MR) is 73.8 cm³/mol. The van der Waals surface area contributed by atoms with Gasteiger partial charge in [-0.1, -0.05) is 25.1 Å². The van der Waals surface area contributed by atoms with E-state index in [1.54, 1.807) is 0 Å². The normalized spacial score (nSPS) is 16.9. The third-order valence-electron chi connectivity index (χ3n) is 3.39. The first-order valence-electron chi connectivity index (χ1n) is 6.85. The van der Waals surface area contributed by atoms with Crippen LogP contribution in [0.25, 0.3) is 0 Å². The summed E-state index contributed by atoms with van der Waals surface area (Å²) in [4.78, 5) is 24.9. The standard InChI is InChI=1S/C15H19NO4/c1-2-8-16(10-14(17)18)15(19)12-7-9-20-13-6-4-3-5-11(12)13/h3-6,12H,2,7-10H2,1H3,(H,17,18). The Kier molecular flexibility index (Phi) is 4.61. The van der Waals surface area contributed by atoms with Crippen LogP contribution >= 0.6 is 0 Å². The first-order chi connectivity index (χ1) is 9.63. The molecule has 2 rings (SSSR count). The van der Waals surface area contributed by atoms with Crippen molar-refractivity contribution in [2.24, 2.45) is 0 Å². The second kappa shape index (κ2) is 6.41. The summed E-state index contributed by atoms with van der Waals surface area (Å²) in [7, 11) is 0. The Morgan fingerprint density at radius 3 is 2.85 bits per heavy atom. The van der Waals surface area contributed by atoms with E-state index in [9.17, 15) is 9.59 Å². The van der Waals surface area contributed by atoms with E-state index in [0.717, 1.165) is 17.7 Å². The van der Waals surface area contributed by atoms with Gasteiger partial charge < -0.3 is 14.7 Å². The van der Waals surface area contributed by atoms with E-state index in [4.69, 9.17) is 9.84 Å². The number of hydrogen-bond acceptors (Lipinski definition) is 3. The molecule has 0 aliphatic carbocycles. The van der Waals surface area contributed by atoms with Crippen LogP contribution in [0.2, 0.25) is 0 Å². The zero-order valence-corrected chi connectivity index (χ0v) is 11.5. The van der Waals surface area contributed by atoms with Crippen molar-refractivity contribution in [3.8, 4) is 5.75 Å². The lowest BCUT2D eigenvalue weighted by molar-refractivity contribution is -0.145. The van der Waals surface area contributed by atoms with Crippen molar-refractivity contribution in [1.82, 2.24) is 4.90 Å². The number of amides is 1. The van der Waals surface area contributed by atoms with Gasteiger partial charge in [0.1, 0.15) is 12.3 Å². The van der Waals surface area contributed by atoms with Crippen LogP contribution in [0.4, 0.5) is 0 Å². The maximum absolute atomic E-state index is 12.6. The molecule has 0 radical (unpaired) electrons. The summed E-state index contributed by atoms with van der Waals surface area (Å²) >= 11 is 0. The van der Waals surface area contributed by atoms with Crippen LogP contribution in [0, 0.1) is 0 Å². The van der Waals surface area contributed by atoms with E-state index < -0.39 is 5.97 Å². The highest BCUT2D eigenvalue weighted by Gasteiger charge is 2.31. The van der Waals surface area contributed by atoms with E-state index >= 15 is 0 Å². The van der Waals surface area contributed by atoms with Crippen molar-refractivity contribution in [2.75, 3.05) is 19.7 Å². The highest BCUT2D eigenvalue weighted by atomic mass is 16.5. The fraction of sp³-hybridized carbons (Fsp3) is 0.467. The first-order valence-corrected chi connectivity index (χ1v) is 6.85. The predicted octanol–water partition coefficient (Wildman–Crippen LogP) is 1.88. The zero-order valence-electron chi connectivity index (χ0n) is 11.5. The molecule has 5 heteroatoms. The fourth-order valence-electron chi connectivity index (χ4n) is 2.52. The number of benzene rings is 1. The lowest BCUT2D eigenvalue weighted by Crippen LogP contribution is -2.40. The molecule has 1 aliphatic heterocycles. The van der Waals surface area contributed by atoms with Gasteiger partial charge in [0.05, 0.1) is 12.5 Å². The number of ether oxygens (including phenoxy) is 1. The van der Waals surface area contributed by atoms with Crippen LogP contribution in [0.3, 0.4) is 0 Å². The maximum atomic E-state index is 12.6. The molecule has 0 aromatic heterocycles. The minimum Gasteiger partial charge on any atom is -0.493 e. The second-order valence-electron chi connectivity index (χ2n) is 4.88. The quantitative estimate of drug-likeness (QED) is 0.892. The lowest BCUT2D eigenvalue weighted by Gasteiger charge is -2.30. The zero-order chi connectivity index (χ0) is 14.5. The van der Waals surface area contributed by atoms with Gasteiger partial charge in [-0.05, 0) is 18.9 Å². The SMILES string of the molecule is CCCN(CC(=O)O)C(=O)C1CCOc2ccccc21. The highest BCUT2D eigenvalue weighted by molar-refractivity contribution is 5.87. The van der Waals surface area contributed by atoms with Crippen molar-refractivity contribution in [3.05, 3.63) is 29.8 Å². The van der Waals surface area contributed by atoms with Crippen molar-refractivity contribution < 1.29 is 19.4 Å². The van der Waals surface area contributed by atoms with E-state index in [-0.39, 0.29) is 18.4 Å². The van der Waals surface area contributed by atoms with Crippen LogP contribution in [-0.2, 0) is 9.59 Å². The molecule has 0 bridgehead atoms. The van der Waals surface area contributed by atoms with E-state index in [1.165, 1.54) is 4.90 Å².